The van der Waals surface area contributed by atoms with Crippen LogP contribution < -0.4 is 15.4 Å². The van der Waals surface area contributed by atoms with Crippen molar-refractivity contribution in [1.82, 2.24) is 20.4 Å². The molecule has 35 heavy (non-hydrogen) atoms. The Morgan fingerprint density at radius 2 is 2.06 bits per heavy atom. The van der Waals surface area contributed by atoms with Gasteiger partial charge in [0, 0.05) is 17.7 Å². The second-order valence-electron chi connectivity index (χ2n) is 8.95. The molecule has 3 heterocycles. The van der Waals surface area contributed by atoms with E-state index in [1.165, 1.54) is 0 Å². The molecule has 0 saturated carbocycles. The zero-order valence-corrected chi connectivity index (χ0v) is 21.4. The molecule has 0 aliphatic carbocycles. The summed E-state index contributed by atoms with van der Waals surface area (Å²) in [5, 5.41) is 21.1. The van der Waals surface area contributed by atoms with Crippen LogP contribution in [0.3, 0.4) is 0 Å². The Bertz CT molecular complexity index is 1170. The van der Waals surface area contributed by atoms with Crippen LogP contribution in [0.5, 0.6) is 5.75 Å². The monoisotopic (exact) mass is 501 g/mol. The molecule has 0 amide bonds. The molecule has 188 valence electrons. The van der Waals surface area contributed by atoms with Crippen LogP contribution in [0, 0.1) is 20.8 Å². The third kappa shape index (κ3) is 5.75. The van der Waals surface area contributed by atoms with E-state index in [0.717, 1.165) is 28.9 Å². The molecular weight excluding hydrogens is 470 g/mol. The highest BCUT2D eigenvalue weighted by molar-refractivity contribution is 6.33. The third-order valence-electron chi connectivity index (χ3n) is 6.02. The van der Waals surface area contributed by atoms with E-state index in [-0.39, 0.29) is 18.8 Å². The van der Waals surface area contributed by atoms with Gasteiger partial charge in [-0.2, -0.15) is 0 Å². The number of nitrogens with one attached hydrogen (secondary N) is 2. The minimum atomic E-state index is -0.632. The van der Waals surface area contributed by atoms with Crippen molar-refractivity contribution in [3.63, 3.8) is 0 Å². The number of halogens is 1. The average Bonchev–Trinajstić information content (AvgIpc) is 3.39. The number of hydrogen-bond acceptors (Lipinski definition) is 9. The Hall–Kier alpha value is -2.72. The first kappa shape index (κ1) is 25.4. The van der Waals surface area contributed by atoms with Crippen LogP contribution in [0.2, 0.25) is 5.02 Å². The van der Waals surface area contributed by atoms with E-state index in [1.807, 2.05) is 20.8 Å². The van der Waals surface area contributed by atoms with Crippen molar-refractivity contribution in [3.05, 3.63) is 40.2 Å². The Morgan fingerprint density at radius 3 is 2.71 bits per heavy atom. The molecule has 3 aromatic rings. The van der Waals surface area contributed by atoms with Gasteiger partial charge in [-0.15, -0.1) is 0 Å². The fraction of sp³-hybridized carbons (Fsp3) is 0.480. The van der Waals surface area contributed by atoms with Crippen LogP contribution >= 0.6 is 11.6 Å². The van der Waals surface area contributed by atoms with Gasteiger partial charge in [0.05, 0.1) is 40.7 Å². The lowest BCUT2D eigenvalue weighted by molar-refractivity contribution is 0.108. The number of likely N-dealkylation sites (N-methyl/N-ethyl adjacent to an activating group) is 1. The van der Waals surface area contributed by atoms with Crippen molar-refractivity contribution < 1.29 is 19.1 Å². The summed E-state index contributed by atoms with van der Waals surface area (Å²) in [6.07, 6.45) is 0.448. The number of benzene rings is 1. The zero-order chi connectivity index (χ0) is 25.1. The number of ether oxygens (including phenoxy) is 2. The van der Waals surface area contributed by atoms with Gasteiger partial charge in [-0.25, -0.2) is 9.97 Å². The van der Waals surface area contributed by atoms with E-state index >= 15 is 0 Å². The van der Waals surface area contributed by atoms with E-state index in [2.05, 4.69) is 22.7 Å². The first-order chi connectivity index (χ1) is 16.8. The minimum Gasteiger partial charge on any atom is -0.491 e. The van der Waals surface area contributed by atoms with Crippen molar-refractivity contribution in [2.24, 2.45) is 0 Å². The number of anilines is 1. The van der Waals surface area contributed by atoms with Crippen molar-refractivity contribution >= 4 is 17.4 Å². The molecular formula is C25H32ClN5O4. The third-order valence-corrected chi connectivity index (χ3v) is 6.35. The predicted octanol–water partition coefficient (Wildman–Crippen LogP) is 3.93. The topological polar surface area (TPSA) is 115 Å². The van der Waals surface area contributed by atoms with E-state index in [9.17, 15) is 5.11 Å². The van der Waals surface area contributed by atoms with Crippen LogP contribution in [0.15, 0.2) is 22.7 Å². The van der Waals surface area contributed by atoms with Gasteiger partial charge in [0.1, 0.15) is 30.0 Å². The van der Waals surface area contributed by atoms with Gasteiger partial charge in [-0.05, 0) is 59.4 Å². The first-order valence-electron chi connectivity index (χ1n) is 11.7. The largest absolute Gasteiger partial charge is 0.491 e. The summed E-state index contributed by atoms with van der Waals surface area (Å²) >= 11 is 6.60. The molecule has 1 fully saturated rings. The van der Waals surface area contributed by atoms with E-state index < -0.39 is 6.10 Å². The normalized spacial score (nSPS) is 18.6. The Labute approximate surface area is 210 Å². The molecule has 2 aromatic heterocycles. The Kier molecular flexibility index (Phi) is 7.91. The summed E-state index contributed by atoms with van der Waals surface area (Å²) < 4.78 is 17.0. The van der Waals surface area contributed by atoms with E-state index in [1.54, 1.807) is 25.2 Å². The molecule has 3 N–H and O–H groups in total. The zero-order valence-electron chi connectivity index (χ0n) is 20.7. The van der Waals surface area contributed by atoms with Crippen LogP contribution in [0.25, 0.3) is 22.6 Å². The van der Waals surface area contributed by atoms with Crippen molar-refractivity contribution in [2.75, 3.05) is 32.1 Å². The lowest BCUT2D eigenvalue weighted by Crippen LogP contribution is -2.29. The Morgan fingerprint density at radius 1 is 1.26 bits per heavy atom. The van der Waals surface area contributed by atoms with Gasteiger partial charge < -0.3 is 29.7 Å². The lowest BCUT2D eigenvalue weighted by Gasteiger charge is -2.18. The van der Waals surface area contributed by atoms with Gasteiger partial charge in [0.2, 0.25) is 0 Å². The molecule has 0 radical (unpaired) electrons. The van der Waals surface area contributed by atoms with Crippen LogP contribution in [-0.2, 0) is 4.74 Å². The van der Waals surface area contributed by atoms with Crippen LogP contribution in [0.1, 0.15) is 30.4 Å². The summed E-state index contributed by atoms with van der Waals surface area (Å²) in [4.78, 5) is 9.76. The summed E-state index contributed by atoms with van der Waals surface area (Å²) in [5.74, 6) is 2.40. The summed E-state index contributed by atoms with van der Waals surface area (Å²) in [6.45, 7) is 9.00. The van der Waals surface area contributed by atoms with Crippen molar-refractivity contribution in [1.29, 1.82) is 0 Å². The second-order valence-corrected chi connectivity index (χ2v) is 9.36. The molecule has 9 nitrogen and oxygen atoms in total. The number of aryl methyl sites for hydroxylation is 2. The maximum atomic E-state index is 10.00. The van der Waals surface area contributed by atoms with Gasteiger partial charge in [-0.3, -0.25) is 0 Å². The standard InChI is InChI=1S/C25H32ClN5O4/c1-13-8-17(11-33-13)28-24-14(2)23(22-15(3)31-35-16(22)4)29-25(30-24)20-9-19(6-7-21(20)26)34-12-18(32)10-27-5/h6-7,9,13,17-18,27,32H,8,10-12H2,1-5H3,(H,28,29,30)/t13-,17-,18-/m1/s1. The summed E-state index contributed by atoms with van der Waals surface area (Å²) in [6, 6.07) is 5.44. The molecule has 1 aliphatic rings. The van der Waals surface area contributed by atoms with Gasteiger partial charge in [0.25, 0.3) is 0 Å². The summed E-state index contributed by atoms with van der Waals surface area (Å²) in [5.41, 5.74) is 3.83. The first-order valence-corrected chi connectivity index (χ1v) is 12.1. The molecule has 10 heteroatoms. The fourth-order valence-corrected chi connectivity index (χ4v) is 4.41. The fourth-order valence-electron chi connectivity index (χ4n) is 4.21. The number of rotatable bonds is 9. The average molecular weight is 502 g/mol. The SMILES string of the molecule is CNC[C@@H](O)COc1ccc(Cl)c(-c2nc(N[C@H]3CO[C@H](C)C3)c(C)c(-c3c(C)noc3C)n2)c1. The number of hydrogen-bond donors (Lipinski definition) is 3. The maximum absolute atomic E-state index is 10.00. The van der Waals surface area contributed by atoms with Crippen LogP contribution in [-0.4, -0.2) is 65.3 Å². The molecule has 0 spiro atoms. The summed E-state index contributed by atoms with van der Waals surface area (Å²) in [7, 11) is 1.78. The number of nitrogens with zero attached hydrogens (tertiary/aromatic N) is 3. The van der Waals surface area contributed by atoms with Crippen molar-refractivity contribution in [2.45, 2.75) is 52.4 Å². The molecule has 0 bridgehead atoms. The van der Waals surface area contributed by atoms with Gasteiger partial charge in [0.15, 0.2) is 5.82 Å². The van der Waals surface area contributed by atoms with Crippen LogP contribution in [0.4, 0.5) is 5.82 Å². The molecule has 1 saturated heterocycles. The number of aliphatic hydroxyl groups is 1. The lowest BCUT2D eigenvalue weighted by atomic mass is 10.0. The maximum Gasteiger partial charge on any atom is 0.163 e. The highest BCUT2D eigenvalue weighted by Gasteiger charge is 2.26. The smallest absolute Gasteiger partial charge is 0.163 e. The quantitative estimate of drug-likeness (QED) is 0.401. The predicted molar refractivity (Wildman–Crippen MR) is 135 cm³/mol. The van der Waals surface area contributed by atoms with E-state index in [0.29, 0.717) is 46.9 Å². The highest BCUT2D eigenvalue weighted by atomic mass is 35.5. The van der Waals surface area contributed by atoms with E-state index in [4.69, 9.17) is 35.6 Å². The minimum absolute atomic E-state index is 0.141. The number of aromatic nitrogens is 3. The molecule has 0 unspecified atom stereocenters. The second kappa shape index (κ2) is 10.9. The van der Waals surface area contributed by atoms with Gasteiger partial charge in [-0.1, -0.05) is 16.8 Å². The molecule has 1 aromatic carbocycles. The molecule has 4 rings (SSSR count). The molecule has 1 aliphatic heterocycles. The molecule has 3 atom stereocenters. The van der Waals surface area contributed by atoms with Gasteiger partial charge >= 0.3 is 0 Å². The Balaban J connectivity index is 1.76. The highest BCUT2D eigenvalue weighted by Crippen LogP contribution is 2.36. The van der Waals surface area contributed by atoms with Crippen molar-refractivity contribution in [3.8, 4) is 28.4 Å². The number of aliphatic hydroxyl groups excluding tert-OH is 1.